The van der Waals surface area contributed by atoms with Crippen LogP contribution in [0.15, 0.2) is 0 Å². The van der Waals surface area contributed by atoms with Crippen molar-refractivity contribution < 1.29 is 4.79 Å². The number of nitrogens with zero attached hydrogens (tertiary/aromatic N) is 1. The van der Waals surface area contributed by atoms with Crippen LogP contribution < -0.4 is 0 Å². The highest BCUT2D eigenvalue weighted by Crippen LogP contribution is 2.47. The van der Waals surface area contributed by atoms with E-state index < -0.39 is 0 Å². The Morgan fingerprint density at radius 1 is 1.47 bits per heavy atom. The van der Waals surface area contributed by atoms with E-state index in [1.165, 1.54) is 25.7 Å². The van der Waals surface area contributed by atoms with Gasteiger partial charge in [0.15, 0.2) is 0 Å². The maximum absolute atomic E-state index is 12.0. The summed E-state index contributed by atoms with van der Waals surface area (Å²) in [6.45, 7) is 6.60. The zero-order valence-corrected chi connectivity index (χ0v) is 12.6. The summed E-state index contributed by atoms with van der Waals surface area (Å²) in [6, 6.07) is 0. The van der Waals surface area contributed by atoms with Crippen LogP contribution in [0.4, 0.5) is 0 Å². The van der Waals surface area contributed by atoms with E-state index in [0.29, 0.717) is 17.2 Å². The normalized spacial score (nSPS) is 27.6. The van der Waals surface area contributed by atoms with Crippen molar-refractivity contribution in [3.05, 3.63) is 0 Å². The van der Waals surface area contributed by atoms with Crippen LogP contribution in [-0.2, 0) is 4.79 Å². The third-order valence-electron chi connectivity index (χ3n) is 4.29. The maximum atomic E-state index is 12.0. The molecule has 2 rings (SSSR count). The van der Waals surface area contributed by atoms with E-state index >= 15 is 0 Å². The molecule has 0 N–H and O–H groups in total. The molecule has 2 fully saturated rings. The van der Waals surface area contributed by atoms with Gasteiger partial charge < -0.3 is 4.90 Å². The number of carbonyl (C=O) groups is 1. The van der Waals surface area contributed by atoms with Gasteiger partial charge in [-0.15, -0.1) is 0 Å². The van der Waals surface area contributed by atoms with Crippen LogP contribution in [0.3, 0.4) is 0 Å². The van der Waals surface area contributed by atoms with Crippen LogP contribution in [0.1, 0.15) is 46.0 Å². The molecule has 2 nitrogen and oxygen atoms in total. The molecule has 1 heterocycles. The summed E-state index contributed by atoms with van der Waals surface area (Å²) in [7, 11) is 0. The lowest BCUT2D eigenvalue weighted by molar-refractivity contribution is -0.130. The average Bonchev–Trinajstić information content (AvgIpc) is 2.55. The first-order chi connectivity index (χ1) is 8.04. The lowest BCUT2D eigenvalue weighted by Crippen LogP contribution is -2.43. The molecule has 98 valence electrons. The fourth-order valence-corrected chi connectivity index (χ4v) is 3.92. The first-order valence-electron chi connectivity index (χ1n) is 6.88. The number of carbonyl (C=O) groups excluding carboxylic acids is 1. The second-order valence-electron chi connectivity index (χ2n) is 6.45. The van der Waals surface area contributed by atoms with Crippen molar-refractivity contribution >= 4 is 21.8 Å². The average molecular weight is 302 g/mol. The van der Waals surface area contributed by atoms with Crippen LogP contribution in [0.25, 0.3) is 0 Å². The third kappa shape index (κ3) is 3.04. The second kappa shape index (κ2) is 5.29. The molecular weight excluding hydrogens is 278 g/mol. The number of amides is 1. The van der Waals surface area contributed by atoms with Crippen LogP contribution in [0, 0.1) is 17.3 Å². The first kappa shape index (κ1) is 13.4. The zero-order valence-electron chi connectivity index (χ0n) is 11.0. The van der Waals surface area contributed by atoms with Gasteiger partial charge in [-0.3, -0.25) is 4.79 Å². The highest BCUT2D eigenvalue weighted by Gasteiger charge is 2.41. The van der Waals surface area contributed by atoms with E-state index in [2.05, 4.69) is 34.7 Å². The van der Waals surface area contributed by atoms with Gasteiger partial charge in [0.05, 0.1) is 0 Å². The summed E-state index contributed by atoms with van der Waals surface area (Å²) < 4.78 is 0. The summed E-state index contributed by atoms with van der Waals surface area (Å²) in [5, 5.41) is 0.965. The van der Waals surface area contributed by atoms with Crippen molar-refractivity contribution in [3.8, 4) is 0 Å². The summed E-state index contributed by atoms with van der Waals surface area (Å²) in [4.78, 5) is 14.1. The molecule has 0 radical (unpaired) electrons. The molecule has 2 aliphatic rings. The summed E-state index contributed by atoms with van der Waals surface area (Å²) in [6.07, 6.45) is 6.05. The monoisotopic (exact) mass is 301 g/mol. The van der Waals surface area contributed by atoms with Gasteiger partial charge in [-0.2, -0.15) is 0 Å². The van der Waals surface area contributed by atoms with E-state index in [1.54, 1.807) is 0 Å². The molecule has 0 spiro atoms. The number of rotatable bonds is 5. The minimum absolute atomic E-state index is 0.379. The Balaban J connectivity index is 1.93. The van der Waals surface area contributed by atoms with Crippen LogP contribution >= 0.6 is 15.9 Å². The van der Waals surface area contributed by atoms with Gasteiger partial charge in [0.1, 0.15) is 0 Å². The van der Waals surface area contributed by atoms with Crippen molar-refractivity contribution in [2.75, 3.05) is 18.4 Å². The van der Waals surface area contributed by atoms with Gasteiger partial charge >= 0.3 is 0 Å². The number of halogens is 1. The molecule has 1 atom stereocenters. The molecule has 17 heavy (non-hydrogen) atoms. The fraction of sp³-hybridized carbons (Fsp3) is 0.929. The lowest BCUT2D eigenvalue weighted by Gasteiger charge is -2.45. The Hall–Kier alpha value is -0.0500. The standard InChI is InChI=1S/C14H24BrNO/c1-11(2)7-14(4-3-5-14)10-16-9-12(8-15)6-13(16)17/h11-12H,3-10H2,1-2H3. The Kier molecular flexibility index (Phi) is 4.17. The second-order valence-corrected chi connectivity index (χ2v) is 7.10. The molecular formula is C14H24BrNO. The highest BCUT2D eigenvalue weighted by atomic mass is 79.9. The Morgan fingerprint density at radius 3 is 2.59 bits per heavy atom. The highest BCUT2D eigenvalue weighted by molar-refractivity contribution is 9.09. The number of likely N-dealkylation sites (tertiary alicyclic amines) is 1. The smallest absolute Gasteiger partial charge is 0.222 e. The third-order valence-corrected chi connectivity index (χ3v) is 5.21. The van der Waals surface area contributed by atoms with Crippen LogP contribution in [-0.4, -0.2) is 29.2 Å². The van der Waals surface area contributed by atoms with Gasteiger partial charge in [-0.1, -0.05) is 36.2 Å². The molecule has 3 heteroatoms. The van der Waals surface area contributed by atoms with Crippen LogP contribution in [0.2, 0.25) is 0 Å². The first-order valence-corrected chi connectivity index (χ1v) is 8.00. The van der Waals surface area contributed by atoms with E-state index in [9.17, 15) is 4.79 Å². The molecule has 1 amide bonds. The van der Waals surface area contributed by atoms with Crippen molar-refractivity contribution in [2.24, 2.45) is 17.3 Å². The molecule has 1 saturated carbocycles. The van der Waals surface area contributed by atoms with Crippen molar-refractivity contribution in [2.45, 2.75) is 46.0 Å². The maximum Gasteiger partial charge on any atom is 0.222 e. The summed E-state index contributed by atoms with van der Waals surface area (Å²) >= 11 is 3.50. The van der Waals surface area contributed by atoms with Gasteiger partial charge in [-0.25, -0.2) is 0 Å². The lowest BCUT2D eigenvalue weighted by atomic mass is 9.64. The van der Waals surface area contributed by atoms with E-state index in [0.717, 1.165) is 30.8 Å². The topological polar surface area (TPSA) is 20.3 Å². The zero-order chi connectivity index (χ0) is 12.5. The molecule has 1 unspecified atom stereocenters. The largest absolute Gasteiger partial charge is 0.342 e. The molecule has 0 bridgehead atoms. The SMILES string of the molecule is CC(C)CC1(CN2CC(CBr)CC2=O)CCC1. The molecule has 1 aliphatic heterocycles. The Labute approximate surface area is 113 Å². The number of alkyl halides is 1. The Morgan fingerprint density at radius 2 is 2.18 bits per heavy atom. The molecule has 1 saturated heterocycles. The van der Waals surface area contributed by atoms with E-state index in [4.69, 9.17) is 0 Å². The molecule has 0 aromatic heterocycles. The van der Waals surface area contributed by atoms with Gasteiger partial charge in [0.2, 0.25) is 5.91 Å². The van der Waals surface area contributed by atoms with Gasteiger partial charge in [0, 0.05) is 24.8 Å². The quantitative estimate of drug-likeness (QED) is 0.712. The predicted octanol–water partition coefficient (Wildman–Crippen LogP) is 3.45. The molecule has 1 aliphatic carbocycles. The summed E-state index contributed by atoms with van der Waals surface area (Å²) in [5.74, 6) is 1.67. The minimum Gasteiger partial charge on any atom is -0.342 e. The van der Waals surface area contributed by atoms with Crippen molar-refractivity contribution in [3.63, 3.8) is 0 Å². The summed E-state index contributed by atoms with van der Waals surface area (Å²) in [5.41, 5.74) is 0.463. The van der Waals surface area contributed by atoms with Gasteiger partial charge in [-0.05, 0) is 36.5 Å². The van der Waals surface area contributed by atoms with Crippen molar-refractivity contribution in [1.29, 1.82) is 0 Å². The number of hydrogen-bond acceptors (Lipinski definition) is 1. The molecule has 0 aromatic rings. The predicted molar refractivity (Wildman–Crippen MR) is 74.2 cm³/mol. The van der Waals surface area contributed by atoms with Crippen LogP contribution in [0.5, 0.6) is 0 Å². The fourth-order valence-electron chi connectivity index (χ4n) is 3.48. The van der Waals surface area contributed by atoms with E-state index in [-0.39, 0.29) is 0 Å². The Bertz CT molecular complexity index is 286. The minimum atomic E-state index is 0.379. The van der Waals surface area contributed by atoms with Gasteiger partial charge in [0.25, 0.3) is 0 Å². The van der Waals surface area contributed by atoms with Crippen molar-refractivity contribution in [1.82, 2.24) is 4.90 Å². The number of hydrogen-bond donors (Lipinski definition) is 0. The van der Waals surface area contributed by atoms with E-state index in [1.807, 2.05) is 0 Å². The molecule has 0 aromatic carbocycles.